The summed E-state index contributed by atoms with van der Waals surface area (Å²) >= 11 is 1.61. The summed E-state index contributed by atoms with van der Waals surface area (Å²) in [6.45, 7) is 2.66. The Balaban J connectivity index is 1.71. The van der Waals surface area contributed by atoms with Gasteiger partial charge in [0.05, 0.1) is 29.7 Å². The topological polar surface area (TPSA) is 38.7 Å². The van der Waals surface area contributed by atoms with Crippen molar-refractivity contribution in [2.75, 3.05) is 12.4 Å². The smallest absolute Gasteiger partial charge is 0.169 e. The van der Waals surface area contributed by atoms with Crippen LogP contribution in [0.2, 0.25) is 0 Å². The molecule has 2 aliphatic heterocycles. The summed E-state index contributed by atoms with van der Waals surface area (Å²) in [6, 6.07) is 16.2. The maximum absolute atomic E-state index is 14.8. The van der Waals surface area contributed by atoms with Crippen LogP contribution in [0.4, 0.5) is 4.39 Å². The summed E-state index contributed by atoms with van der Waals surface area (Å²) in [4.78, 5) is 17.8. The van der Waals surface area contributed by atoms with Crippen molar-refractivity contribution in [2.24, 2.45) is 10.9 Å². The number of carbonyl (C=O) groups excluding carboxylic acids is 1. The second-order valence-electron chi connectivity index (χ2n) is 7.45. The molecule has 5 heteroatoms. The molecule has 0 saturated carbocycles. The second kappa shape index (κ2) is 8.18. The van der Waals surface area contributed by atoms with E-state index in [1.807, 2.05) is 42.5 Å². The fourth-order valence-electron chi connectivity index (χ4n) is 4.16. The third-order valence-electron chi connectivity index (χ3n) is 5.73. The molecule has 146 valence electrons. The van der Waals surface area contributed by atoms with E-state index in [1.165, 1.54) is 6.07 Å². The minimum atomic E-state index is -0.651. The van der Waals surface area contributed by atoms with Crippen molar-refractivity contribution >= 4 is 22.6 Å². The van der Waals surface area contributed by atoms with Crippen LogP contribution in [-0.2, 0) is 10.3 Å². The Hall–Kier alpha value is -1.98. The third kappa shape index (κ3) is 3.65. The molecule has 0 bridgehead atoms. The molecule has 0 N–H and O–H groups in total. The number of fused-ring (bicyclic) bond motifs is 1. The van der Waals surface area contributed by atoms with E-state index in [4.69, 9.17) is 9.73 Å². The van der Waals surface area contributed by atoms with Crippen LogP contribution in [0, 0.1) is 11.7 Å². The minimum Gasteiger partial charge on any atom is -0.378 e. The van der Waals surface area contributed by atoms with E-state index in [0.717, 1.165) is 17.2 Å². The molecular formula is C23H24FNO2S. The molecule has 28 heavy (non-hydrogen) atoms. The van der Waals surface area contributed by atoms with Crippen molar-refractivity contribution in [3.05, 3.63) is 71.5 Å². The van der Waals surface area contributed by atoms with Gasteiger partial charge in [-0.1, -0.05) is 55.5 Å². The van der Waals surface area contributed by atoms with Crippen LogP contribution >= 0.6 is 11.8 Å². The molecule has 0 aliphatic carbocycles. The van der Waals surface area contributed by atoms with E-state index >= 15 is 0 Å². The van der Waals surface area contributed by atoms with Crippen LogP contribution in [-0.4, -0.2) is 29.3 Å². The highest BCUT2D eigenvalue weighted by Crippen LogP contribution is 2.48. The first-order valence-electron chi connectivity index (χ1n) is 9.78. The van der Waals surface area contributed by atoms with Gasteiger partial charge in [0.15, 0.2) is 5.78 Å². The summed E-state index contributed by atoms with van der Waals surface area (Å²) < 4.78 is 20.8. The molecule has 3 atom stereocenters. The number of ether oxygens (including phenoxy) is 1. The maximum atomic E-state index is 14.8. The average Bonchev–Trinajstić information content (AvgIpc) is 2.74. The largest absolute Gasteiger partial charge is 0.378 e. The number of halogens is 1. The van der Waals surface area contributed by atoms with Gasteiger partial charge in [-0.2, -0.15) is 0 Å². The first-order valence-corrected chi connectivity index (χ1v) is 10.8. The van der Waals surface area contributed by atoms with Gasteiger partial charge in [0.25, 0.3) is 0 Å². The highest BCUT2D eigenvalue weighted by atomic mass is 32.2. The van der Waals surface area contributed by atoms with Crippen LogP contribution in [0.1, 0.15) is 42.1 Å². The summed E-state index contributed by atoms with van der Waals surface area (Å²) in [5.41, 5.74) is 0.667. The number of Topliss-reactive ketones (excluding diaryl/α,β-unsaturated/α-hetero) is 1. The van der Waals surface area contributed by atoms with Gasteiger partial charge in [-0.25, -0.2) is 4.39 Å². The average molecular weight is 398 g/mol. The van der Waals surface area contributed by atoms with Gasteiger partial charge in [-0.15, -0.1) is 11.8 Å². The molecule has 0 radical (unpaired) electrons. The maximum Gasteiger partial charge on any atom is 0.169 e. The Morgan fingerprint density at radius 1 is 1.21 bits per heavy atom. The number of hydrogen-bond acceptors (Lipinski definition) is 4. The molecule has 4 rings (SSSR count). The second-order valence-corrected chi connectivity index (χ2v) is 8.54. The van der Waals surface area contributed by atoms with Gasteiger partial charge in [0.1, 0.15) is 5.82 Å². The zero-order valence-corrected chi connectivity index (χ0v) is 16.8. The first-order chi connectivity index (χ1) is 13.6. The van der Waals surface area contributed by atoms with Crippen LogP contribution in [0.25, 0.3) is 0 Å². The van der Waals surface area contributed by atoms with Crippen molar-refractivity contribution in [3.8, 4) is 0 Å². The standard InChI is InChI=1S/C23H24FNO2S/c1-2-18-13-23(19-10-6-7-11-20(19)24)17(14-27-18)15-28-22(25-23)12-21(26)16-8-4-3-5-9-16/h3-11,17-18H,2,12-15H2,1H3/t17-,18-,23-/m0/s1. The zero-order valence-electron chi connectivity index (χ0n) is 15.9. The normalized spacial score (nSPS) is 27.0. The van der Waals surface area contributed by atoms with Crippen LogP contribution in [0.5, 0.6) is 0 Å². The summed E-state index contributed by atoms with van der Waals surface area (Å²) in [5, 5.41) is 0.796. The molecule has 2 heterocycles. The Morgan fingerprint density at radius 3 is 2.71 bits per heavy atom. The SMILES string of the molecule is CC[C@H]1C[C@]2(c3ccccc3F)N=C(CC(=O)c3ccccc3)SC[C@@H]2CO1. The number of rotatable bonds is 5. The van der Waals surface area contributed by atoms with Gasteiger partial charge in [-0.05, 0) is 12.5 Å². The first kappa shape index (κ1) is 19.3. The number of ketones is 1. The lowest BCUT2D eigenvalue weighted by Crippen LogP contribution is -2.49. The molecule has 0 spiro atoms. The number of hydrogen-bond donors (Lipinski definition) is 0. The van der Waals surface area contributed by atoms with Gasteiger partial charge in [0.2, 0.25) is 0 Å². The number of benzene rings is 2. The minimum absolute atomic E-state index is 0.0492. The summed E-state index contributed by atoms with van der Waals surface area (Å²) in [7, 11) is 0. The van der Waals surface area contributed by atoms with Gasteiger partial charge >= 0.3 is 0 Å². The fraction of sp³-hybridized carbons (Fsp3) is 0.391. The molecule has 0 aromatic heterocycles. The molecule has 2 aliphatic rings. The molecule has 2 aromatic carbocycles. The van der Waals surface area contributed by atoms with E-state index < -0.39 is 5.54 Å². The molecule has 1 fully saturated rings. The monoisotopic (exact) mass is 397 g/mol. The summed E-state index contributed by atoms with van der Waals surface area (Å²) in [6.07, 6.45) is 1.83. The summed E-state index contributed by atoms with van der Waals surface area (Å²) in [5.74, 6) is 0.709. The molecule has 3 nitrogen and oxygen atoms in total. The highest BCUT2D eigenvalue weighted by Gasteiger charge is 2.49. The fourth-order valence-corrected chi connectivity index (χ4v) is 5.38. The van der Waals surface area contributed by atoms with Crippen LogP contribution in [0.3, 0.4) is 0 Å². The molecular weight excluding hydrogens is 373 g/mol. The number of nitrogens with zero attached hydrogens (tertiary/aromatic N) is 1. The Kier molecular flexibility index (Phi) is 5.65. The van der Waals surface area contributed by atoms with E-state index in [0.29, 0.717) is 24.2 Å². The van der Waals surface area contributed by atoms with Crippen LogP contribution < -0.4 is 0 Å². The van der Waals surface area contributed by atoms with Crippen molar-refractivity contribution in [1.29, 1.82) is 0 Å². The van der Waals surface area contributed by atoms with Crippen LogP contribution in [0.15, 0.2) is 59.6 Å². The predicted octanol–water partition coefficient (Wildman–Crippen LogP) is 5.25. The highest BCUT2D eigenvalue weighted by molar-refractivity contribution is 8.14. The van der Waals surface area contributed by atoms with Gasteiger partial charge in [-0.3, -0.25) is 9.79 Å². The molecule has 1 saturated heterocycles. The molecule has 0 unspecified atom stereocenters. The van der Waals surface area contributed by atoms with Crippen molar-refractivity contribution in [3.63, 3.8) is 0 Å². The van der Waals surface area contributed by atoms with E-state index in [9.17, 15) is 9.18 Å². The van der Waals surface area contributed by atoms with E-state index in [-0.39, 0.29) is 30.0 Å². The number of thioether (sulfide) groups is 1. The Bertz CT molecular complexity index is 885. The molecule has 0 amide bonds. The number of carbonyl (C=O) groups is 1. The Labute approximate surface area is 169 Å². The quantitative estimate of drug-likeness (QED) is 0.647. The zero-order chi connectivity index (χ0) is 19.6. The number of aliphatic imine (C=N–C) groups is 1. The lowest BCUT2D eigenvalue weighted by molar-refractivity contribution is -0.0543. The van der Waals surface area contributed by atoms with Crippen molar-refractivity contribution in [2.45, 2.75) is 37.8 Å². The lowest BCUT2D eigenvalue weighted by Gasteiger charge is -2.47. The van der Waals surface area contributed by atoms with Crippen molar-refractivity contribution in [1.82, 2.24) is 0 Å². The predicted molar refractivity (Wildman–Crippen MR) is 111 cm³/mol. The van der Waals surface area contributed by atoms with Crippen molar-refractivity contribution < 1.29 is 13.9 Å². The van der Waals surface area contributed by atoms with E-state index in [2.05, 4.69) is 6.92 Å². The van der Waals surface area contributed by atoms with Gasteiger partial charge in [0, 0.05) is 29.2 Å². The van der Waals surface area contributed by atoms with Gasteiger partial charge < -0.3 is 4.74 Å². The third-order valence-corrected chi connectivity index (χ3v) is 6.86. The Morgan fingerprint density at radius 2 is 1.96 bits per heavy atom. The van der Waals surface area contributed by atoms with E-state index in [1.54, 1.807) is 17.8 Å². The lowest BCUT2D eigenvalue weighted by atomic mass is 9.73. The molecule has 2 aromatic rings.